The number of halogens is 1. The van der Waals surface area contributed by atoms with Crippen LogP contribution in [0.4, 0.5) is 0 Å². The van der Waals surface area contributed by atoms with Crippen molar-refractivity contribution in [2.45, 2.75) is 0 Å². The summed E-state index contributed by atoms with van der Waals surface area (Å²) in [4.78, 5) is 14.6. The third-order valence-electron chi connectivity index (χ3n) is 1.65. The molecular formula is C8H14ClN3O. The molecule has 0 atom stereocenters. The van der Waals surface area contributed by atoms with Crippen LogP contribution in [0.5, 0.6) is 0 Å². The third-order valence-corrected chi connectivity index (χ3v) is 1.65. The van der Waals surface area contributed by atoms with Gasteiger partial charge in [0.2, 0.25) is 5.91 Å². The molecule has 0 aliphatic carbocycles. The van der Waals surface area contributed by atoms with Crippen molar-refractivity contribution in [2.75, 3.05) is 19.8 Å². The van der Waals surface area contributed by atoms with Gasteiger partial charge in [-0.2, -0.15) is 0 Å². The molecule has 0 radical (unpaired) electrons. The molecule has 74 valence electrons. The molecule has 0 spiro atoms. The number of amides is 1. The standard InChI is InChI=1S/C8H13N3O.ClH/c1-2-3-10-4-5-11(7-10)8(12)6-9;/h2,4-5H,1,3,6-7,9H2;1H. The van der Waals surface area contributed by atoms with E-state index in [2.05, 4.69) is 6.58 Å². The Labute approximate surface area is 84.1 Å². The van der Waals surface area contributed by atoms with E-state index in [-0.39, 0.29) is 24.9 Å². The van der Waals surface area contributed by atoms with Gasteiger partial charge in [0.25, 0.3) is 0 Å². The van der Waals surface area contributed by atoms with E-state index in [9.17, 15) is 4.79 Å². The predicted molar refractivity (Wildman–Crippen MR) is 54.1 cm³/mol. The van der Waals surface area contributed by atoms with Crippen molar-refractivity contribution < 1.29 is 4.79 Å². The number of nitrogens with two attached hydrogens (primary N) is 1. The molecular weight excluding hydrogens is 190 g/mol. The molecule has 0 saturated carbocycles. The highest BCUT2D eigenvalue weighted by molar-refractivity contribution is 5.85. The molecule has 4 nitrogen and oxygen atoms in total. The molecule has 1 rings (SSSR count). The lowest BCUT2D eigenvalue weighted by atomic mass is 10.5. The Kier molecular flexibility index (Phi) is 5.18. The van der Waals surface area contributed by atoms with Crippen LogP contribution in [-0.4, -0.2) is 35.5 Å². The van der Waals surface area contributed by atoms with Crippen LogP contribution in [0.1, 0.15) is 0 Å². The number of nitrogens with zero attached hydrogens (tertiary/aromatic N) is 2. The van der Waals surface area contributed by atoms with Gasteiger partial charge < -0.3 is 10.6 Å². The van der Waals surface area contributed by atoms with E-state index in [4.69, 9.17) is 5.73 Å². The topological polar surface area (TPSA) is 49.6 Å². The van der Waals surface area contributed by atoms with E-state index in [1.54, 1.807) is 17.2 Å². The normalized spacial score (nSPS) is 14.2. The van der Waals surface area contributed by atoms with E-state index in [1.165, 1.54) is 0 Å². The summed E-state index contributed by atoms with van der Waals surface area (Å²) < 4.78 is 0. The summed E-state index contributed by atoms with van der Waals surface area (Å²) in [6, 6.07) is 0. The first-order valence-corrected chi connectivity index (χ1v) is 3.80. The number of hydrogen-bond acceptors (Lipinski definition) is 3. The zero-order valence-electron chi connectivity index (χ0n) is 7.35. The Balaban J connectivity index is 0.00000144. The van der Waals surface area contributed by atoms with Gasteiger partial charge in [-0.05, 0) is 0 Å². The molecule has 1 aliphatic heterocycles. The van der Waals surface area contributed by atoms with Gasteiger partial charge in [-0.25, -0.2) is 0 Å². The quantitative estimate of drug-likeness (QED) is 0.664. The van der Waals surface area contributed by atoms with Crippen LogP contribution < -0.4 is 5.73 Å². The zero-order chi connectivity index (χ0) is 8.97. The van der Waals surface area contributed by atoms with Gasteiger partial charge in [0.05, 0.1) is 13.2 Å². The van der Waals surface area contributed by atoms with Crippen LogP contribution in [0.2, 0.25) is 0 Å². The minimum atomic E-state index is -0.0576. The van der Waals surface area contributed by atoms with Crippen molar-refractivity contribution in [1.29, 1.82) is 0 Å². The van der Waals surface area contributed by atoms with E-state index < -0.39 is 0 Å². The van der Waals surface area contributed by atoms with Crippen molar-refractivity contribution in [3.63, 3.8) is 0 Å². The van der Waals surface area contributed by atoms with Crippen LogP contribution in [0.15, 0.2) is 25.1 Å². The van der Waals surface area contributed by atoms with Crippen LogP contribution in [0.3, 0.4) is 0 Å². The summed E-state index contributed by atoms with van der Waals surface area (Å²) >= 11 is 0. The summed E-state index contributed by atoms with van der Waals surface area (Å²) in [6.07, 6.45) is 5.38. The first kappa shape index (κ1) is 12.0. The summed E-state index contributed by atoms with van der Waals surface area (Å²) in [5, 5.41) is 0. The number of rotatable bonds is 3. The fourth-order valence-electron chi connectivity index (χ4n) is 1.03. The highest BCUT2D eigenvalue weighted by Gasteiger charge is 2.15. The molecule has 1 aliphatic rings. The fourth-order valence-corrected chi connectivity index (χ4v) is 1.03. The largest absolute Gasteiger partial charge is 0.354 e. The maximum Gasteiger partial charge on any atom is 0.241 e. The fraction of sp³-hybridized carbons (Fsp3) is 0.375. The monoisotopic (exact) mass is 203 g/mol. The Bertz CT molecular complexity index is 217. The van der Waals surface area contributed by atoms with E-state index >= 15 is 0 Å². The maximum atomic E-state index is 11.1. The number of carbonyl (C=O) groups excluding carboxylic acids is 1. The summed E-state index contributed by atoms with van der Waals surface area (Å²) in [5.41, 5.74) is 5.21. The Morgan fingerprint density at radius 2 is 2.31 bits per heavy atom. The lowest BCUT2D eigenvalue weighted by Crippen LogP contribution is -2.34. The highest BCUT2D eigenvalue weighted by atomic mass is 35.5. The van der Waals surface area contributed by atoms with Crippen molar-refractivity contribution in [1.82, 2.24) is 9.80 Å². The van der Waals surface area contributed by atoms with Crippen molar-refractivity contribution >= 4 is 18.3 Å². The molecule has 0 fully saturated rings. The Hall–Kier alpha value is -1.00. The molecule has 0 saturated heterocycles. The average molecular weight is 204 g/mol. The second kappa shape index (κ2) is 5.61. The number of carbonyl (C=O) groups is 1. The second-order valence-corrected chi connectivity index (χ2v) is 2.57. The molecule has 0 aromatic carbocycles. The first-order chi connectivity index (χ1) is 5.77. The SMILES string of the molecule is C=CCN1C=CN(C(=O)CN)C1.Cl. The molecule has 2 N–H and O–H groups in total. The van der Waals surface area contributed by atoms with Crippen molar-refractivity contribution in [2.24, 2.45) is 5.73 Å². The molecule has 1 heterocycles. The Morgan fingerprint density at radius 3 is 2.85 bits per heavy atom. The first-order valence-electron chi connectivity index (χ1n) is 3.80. The highest BCUT2D eigenvalue weighted by Crippen LogP contribution is 2.05. The van der Waals surface area contributed by atoms with Gasteiger partial charge in [-0.1, -0.05) is 6.08 Å². The molecule has 1 amide bonds. The molecule has 13 heavy (non-hydrogen) atoms. The minimum Gasteiger partial charge on any atom is -0.354 e. The maximum absolute atomic E-state index is 11.1. The van der Waals surface area contributed by atoms with Gasteiger partial charge >= 0.3 is 0 Å². The summed E-state index contributed by atoms with van der Waals surface area (Å²) in [7, 11) is 0. The number of hydrogen-bond donors (Lipinski definition) is 1. The summed E-state index contributed by atoms with van der Waals surface area (Å²) in [6.45, 7) is 5.01. The van der Waals surface area contributed by atoms with E-state index in [0.29, 0.717) is 6.67 Å². The van der Waals surface area contributed by atoms with Gasteiger partial charge in [0.1, 0.15) is 0 Å². The van der Waals surface area contributed by atoms with Crippen molar-refractivity contribution in [3.05, 3.63) is 25.1 Å². The van der Waals surface area contributed by atoms with Gasteiger partial charge in [-0.3, -0.25) is 9.69 Å². The zero-order valence-corrected chi connectivity index (χ0v) is 8.17. The minimum absolute atomic E-state index is 0. The summed E-state index contributed by atoms with van der Waals surface area (Å²) in [5.74, 6) is -0.0576. The molecule has 0 aromatic rings. The van der Waals surface area contributed by atoms with Crippen LogP contribution >= 0.6 is 12.4 Å². The smallest absolute Gasteiger partial charge is 0.241 e. The van der Waals surface area contributed by atoms with Crippen LogP contribution in [0, 0.1) is 0 Å². The lowest BCUT2D eigenvalue weighted by molar-refractivity contribution is -0.127. The van der Waals surface area contributed by atoms with E-state index in [1.807, 2.05) is 11.1 Å². The van der Waals surface area contributed by atoms with Crippen LogP contribution in [0.25, 0.3) is 0 Å². The van der Waals surface area contributed by atoms with Crippen molar-refractivity contribution in [3.8, 4) is 0 Å². The second-order valence-electron chi connectivity index (χ2n) is 2.57. The third kappa shape index (κ3) is 3.08. The van der Waals surface area contributed by atoms with Crippen LogP contribution in [-0.2, 0) is 4.79 Å². The molecule has 0 bridgehead atoms. The molecule has 0 aromatic heterocycles. The molecule has 0 unspecified atom stereocenters. The van der Waals surface area contributed by atoms with Gasteiger partial charge in [-0.15, -0.1) is 19.0 Å². The Morgan fingerprint density at radius 1 is 1.62 bits per heavy atom. The van der Waals surface area contributed by atoms with Gasteiger partial charge in [0, 0.05) is 18.9 Å². The predicted octanol–water partition coefficient (Wildman–Crippen LogP) is 0.126. The van der Waals surface area contributed by atoms with Gasteiger partial charge in [0.15, 0.2) is 0 Å². The van der Waals surface area contributed by atoms with E-state index in [0.717, 1.165) is 6.54 Å². The average Bonchev–Trinajstić information content (AvgIpc) is 2.52. The lowest BCUT2D eigenvalue weighted by Gasteiger charge is -2.17. The molecule has 5 heteroatoms.